The first-order valence-corrected chi connectivity index (χ1v) is 9.36. The van der Waals surface area contributed by atoms with Crippen LogP contribution in [0.3, 0.4) is 0 Å². The molecule has 0 saturated carbocycles. The summed E-state index contributed by atoms with van der Waals surface area (Å²) in [6, 6.07) is 6.22. The van der Waals surface area contributed by atoms with Gasteiger partial charge in [-0.25, -0.2) is 0 Å². The van der Waals surface area contributed by atoms with Crippen LogP contribution in [0, 0.1) is 10.1 Å². The molecule has 32 heavy (non-hydrogen) atoms. The Balaban J connectivity index is 0.00000363. The molecule has 1 aliphatic heterocycles. The molecule has 0 aromatic heterocycles. The summed E-state index contributed by atoms with van der Waals surface area (Å²) in [7, 11) is 0. The van der Waals surface area contributed by atoms with Crippen molar-refractivity contribution in [1.82, 2.24) is 4.90 Å². The number of hydrogen-bond acceptors (Lipinski definition) is 7. The lowest BCUT2D eigenvalue weighted by molar-refractivity contribution is -0.386. The molecule has 1 aliphatic rings. The lowest BCUT2D eigenvalue weighted by Gasteiger charge is -2.39. The number of hydrogen-bond donors (Lipinski definition) is 2. The van der Waals surface area contributed by atoms with Gasteiger partial charge in [0.25, 0.3) is 0 Å². The summed E-state index contributed by atoms with van der Waals surface area (Å²) in [6.45, 7) is 2.57. The van der Waals surface area contributed by atoms with Crippen LogP contribution in [-0.2, 0) is 11.0 Å². The maximum atomic E-state index is 13.0. The third-order valence-corrected chi connectivity index (χ3v) is 5.21. The second-order valence-corrected chi connectivity index (χ2v) is 7.25. The van der Waals surface area contributed by atoms with Crippen molar-refractivity contribution in [1.29, 1.82) is 0 Å². The first kappa shape index (κ1) is 25.2. The van der Waals surface area contributed by atoms with Gasteiger partial charge >= 0.3 is 11.9 Å². The molecule has 0 amide bonds. The Hall–Kier alpha value is -3.05. The van der Waals surface area contributed by atoms with Crippen molar-refractivity contribution in [3.8, 4) is 11.5 Å². The van der Waals surface area contributed by atoms with Gasteiger partial charge < -0.3 is 15.1 Å². The number of anilines is 1. The Morgan fingerprint density at radius 2 is 1.75 bits per heavy atom. The Morgan fingerprint density at radius 3 is 2.28 bits per heavy atom. The minimum atomic E-state index is -4.45. The summed E-state index contributed by atoms with van der Waals surface area (Å²) in [4.78, 5) is 26.1. The maximum absolute atomic E-state index is 13.0. The Labute approximate surface area is 187 Å². The number of alkyl halides is 3. The van der Waals surface area contributed by atoms with E-state index in [1.54, 1.807) is 15.9 Å². The largest absolute Gasteiger partial charge is 0.504 e. The van der Waals surface area contributed by atoms with Gasteiger partial charge in [0.1, 0.15) is 0 Å². The SMILES string of the molecule is CC(=O)C(c1cc(O)c(O)c([N+](=O)[O-])c1)N1CCN(c2cccc(C(F)(F)F)c2)CC1.Cl. The molecule has 0 bridgehead atoms. The van der Waals surface area contributed by atoms with Crippen molar-refractivity contribution in [2.75, 3.05) is 31.1 Å². The molecule has 1 unspecified atom stereocenters. The predicted molar refractivity (Wildman–Crippen MR) is 112 cm³/mol. The van der Waals surface area contributed by atoms with Crippen molar-refractivity contribution < 1.29 is 33.1 Å². The summed E-state index contributed by atoms with van der Waals surface area (Å²) in [6.07, 6.45) is -4.45. The van der Waals surface area contributed by atoms with Crippen LogP contribution in [0.4, 0.5) is 24.5 Å². The number of carbonyl (C=O) groups excluding carboxylic acids is 1. The second-order valence-electron chi connectivity index (χ2n) is 7.25. The van der Waals surface area contributed by atoms with E-state index in [1.165, 1.54) is 13.0 Å². The van der Waals surface area contributed by atoms with Crippen molar-refractivity contribution in [2.45, 2.75) is 19.1 Å². The molecule has 1 fully saturated rings. The lowest BCUT2D eigenvalue weighted by Crippen LogP contribution is -2.49. The molecule has 2 aromatic rings. The van der Waals surface area contributed by atoms with Crippen LogP contribution in [0.2, 0.25) is 0 Å². The van der Waals surface area contributed by atoms with Crippen LogP contribution in [0.25, 0.3) is 0 Å². The molecule has 0 radical (unpaired) electrons. The highest BCUT2D eigenvalue weighted by molar-refractivity contribution is 5.85. The van der Waals surface area contributed by atoms with Crippen LogP contribution in [0.5, 0.6) is 11.5 Å². The fraction of sp³-hybridized carbons (Fsp3) is 0.350. The number of phenolic OH excluding ortho intramolecular Hbond substituents is 2. The zero-order valence-electron chi connectivity index (χ0n) is 16.9. The van der Waals surface area contributed by atoms with Gasteiger partial charge in [0.05, 0.1) is 16.5 Å². The molecule has 2 N–H and O–H groups in total. The summed E-state index contributed by atoms with van der Waals surface area (Å²) < 4.78 is 38.9. The number of phenols is 2. The van der Waals surface area contributed by atoms with E-state index in [-0.39, 0.29) is 23.8 Å². The van der Waals surface area contributed by atoms with Gasteiger partial charge in [-0.15, -0.1) is 12.4 Å². The van der Waals surface area contributed by atoms with Crippen LogP contribution in [-0.4, -0.2) is 52.0 Å². The number of aromatic hydroxyl groups is 2. The number of rotatable bonds is 5. The van der Waals surface area contributed by atoms with E-state index in [2.05, 4.69) is 0 Å². The Kier molecular flexibility index (Phi) is 7.58. The molecule has 1 heterocycles. The number of benzene rings is 2. The average Bonchev–Trinajstić information content (AvgIpc) is 2.70. The number of ketones is 1. The number of nitrogens with zero attached hydrogens (tertiary/aromatic N) is 3. The first-order valence-electron chi connectivity index (χ1n) is 9.36. The summed E-state index contributed by atoms with van der Waals surface area (Å²) >= 11 is 0. The molecule has 174 valence electrons. The van der Waals surface area contributed by atoms with Gasteiger partial charge in [-0.1, -0.05) is 6.07 Å². The van der Waals surface area contributed by atoms with Crippen molar-refractivity contribution >= 4 is 29.6 Å². The van der Waals surface area contributed by atoms with Crippen LogP contribution in [0.15, 0.2) is 36.4 Å². The first-order chi connectivity index (χ1) is 14.5. The minimum absolute atomic E-state index is 0. The van der Waals surface area contributed by atoms with E-state index < -0.39 is 39.9 Å². The summed E-state index contributed by atoms with van der Waals surface area (Å²) in [5.41, 5.74) is -0.904. The van der Waals surface area contributed by atoms with E-state index in [1.807, 2.05) is 0 Å². The quantitative estimate of drug-likeness (QED) is 0.383. The third-order valence-electron chi connectivity index (χ3n) is 5.21. The number of Topliss-reactive ketones (excluding diaryl/α,β-unsaturated/α-hetero) is 1. The maximum Gasteiger partial charge on any atom is 0.416 e. The van der Waals surface area contributed by atoms with E-state index in [9.17, 15) is 38.3 Å². The van der Waals surface area contributed by atoms with Crippen LogP contribution < -0.4 is 4.90 Å². The fourth-order valence-corrected chi connectivity index (χ4v) is 3.74. The highest BCUT2D eigenvalue weighted by atomic mass is 35.5. The smallest absolute Gasteiger partial charge is 0.416 e. The van der Waals surface area contributed by atoms with Gasteiger partial charge in [-0.05, 0) is 36.8 Å². The number of nitro benzene ring substituents is 1. The van der Waals surface area contributed by atoms with Crippen molar-refractivity contribution in [3.05, 3.63) is 57.6 Å². The third kappa shape index (κ3) is 5.22. The van der Waals surface area contributed by atoms with Crippen LogP contribution in [0.1, 0.15) is 24.1 Å². The Morgan fingerprint density at radius 1 is 1.12 bits per heavy atom. The highest BCUT2D eigenvalue weighted by Gasteiger charge is 2.33. The topological polar surface area (TPSA) is 107 Å². The highest BCUT2D eigenvalue weighted by Crippen LogP contribution is 2.39. The molecule has 8 nitrogen and oxygen atoms in total. The summed E-state index contributed by atoms with van der Waals surface area (Å²) in [5.74, 6) is -1.92. The molecule has 2 aromatic carbocycles. The molecule has 1 atom stereocenters. The normalized spacial score (nSPS) is 15.7. The fourth-order valence-electron chi connectivity index (χ4n) is 3.74. The van der Waals surface area contributed by atoms with Gasteiger partial charge in [-0.3, -0.25) is 19.8 Å². The molecule has 3 rings (SSSR count). The minimum Gasteiger partial charge on any atom is -0.504 e. The number of carbonyl (C=O) groups is 1. The Bertz CT molecular complexity index is 1010. The molecule has 0 spiro atoms. The molecular weight excluding hydrogens is 455 g/mol. The van der Waals surface area contributed by atoms with E-state index in [0.29, 0.717) is 31.9 Å². The predicted octanol–water partition coefficient (Wildman–Crippen LogP) is 3.90. The molecule has 12 heteroatoms. The number of halogens is 4. The average molecular weight is 476 g/mol. The monoisotopic (exact) mass is 475 g/mol. The standard InChI is InChI=1S/C20H20F3N3O5.ClH/c1-12(27)18(13-9-16(26(30)31)19(29)17(28)10-13)25-7-5-24(6-8-25)15-4-2-3-14(11-15)20(21,22)23;/h2-4,9-11,18,28-29H,5-8H2,1H3;1H. The lowest BCUT2D eigenvalue weighted by atomic mass is 9.99. The molecule has 1 saturated heterocycles. The van der Waals surface area contributed by atoms with Gasteiger partial charge in [0.15, 0.2) is 11.5 Å². The van der Waals surface area contributed by atoms with Gasteiger partial charge in [-0.2, -0.15) is 13.2 Å². The van der Waals surface area contributed by atoms with Crippen molar-refractivity contribution in [2.24, 2.45) is 0 Å². The van der Waals surface area contributed by atoms with Gasteiger partial charge in [0.2, 0.25) is 5.75 Å². The summed E-state index contributed by atoms with van der Waals surface area (Å²) in [5, 5.41) is 30.7. The van der Waals surface area contributed by atoms with Gasteiger partial charge in [0, 0.05) is 37.9 Å². The van der Waals surface area contributed by atoms with Crippen LogP contribution >= 0.6 is 12.4 Å². The van der Waals surface area contributed by atoms with E-state index >= 15 is 0 Å². The van der Waals surface area contributed by atoms with Crippen molar-refractivity contribution in [3.63, 3.8) is 0 Å². The zero-order chi connectivity index (χ0) is 22.9. The zero-order valence-corrected chi connectivity index (χ0v) is 17.7. The number of nitro groups is 1. The van der Waals surface area contributed by atoms with E-state index in [0.717, 1.165) is 24.3 Å². The molecule has 0 aliphatic carbocycles. The molecular formula is C20H21ClF3N3O5. The number of piperazine rings is 1. The second kappa shape index (κ2) is 9.61. The van der Waals surface area contributed by atoms with E-state index in [4.69, 9.17) is 0 Å².